The van der Waals surface area contributed by atoms with Crippen LogP contribution in [-0.2, 0) is 11.3 Å². The highest BCUT2D eigenvalue weighted by Crippen LogP contribution is 2.20. The Labute approximate surface area is 137 Å². The molecule has 8 nitrogen and oxygen atoms in total. The fraction of sp³-hybridized carbons (Fsp3) is 0.571. The molecule has 0 atom stereocenters. The van der Waals surface area contributed by atoms with Crippen molar-refractivity contribution in [2.24, 2.45) is 0 Å². The second kappa shape index (κ2) is 7.37. The lowest BCUT2D eigenvalue weighted by molar-refractivity contribution is 0.000770. The first-order valence-electron chi connectivity index (χ1n) is 7.40. The average molecular weight is 342 g/mol. The number of alkyl halides is 2. The third kappa shape index (κ3) is 5.00. The number of anilines is 1. The Kier molecular flexibility index (Phi) is 5.47. The maximum atomic E-state index is 13.1. The number of hydrogen-bond donors (Lipinski definition) is 1. The number of aromatic nitrogens is 4. The fourth-order valence-electron chi connectivity index (χ4n) is 1.96. The SMILES string of the molecule is CN(C)C(=O)OCCCNc1ncnc2nn(CC(C)(F)F)cc12. The molecule has 2 aromatic heterocycles. The van der Waals surface area contributed by atoms with Gasteiger partial charge in [-0.3, -0.25) is 4.68 Å². The zero-order chi connectivity index (χ0) is 17.7. The van der Waals surface area contributed by atoms with Crippen molar-refractivity contribution in [3.05, 3.63) is 12.5 Å². The zero-order valence-corrected chi connectivity index (χ0v) is 13.8. The van der Waals surface area contributed by atoms with Gasteiger partial charge in [0.25, 0.3) is 5.92 Å². The number of amides is 1. The second-order valence-corrected chi connectivity index (χ2v) is 5.65. The summed E-state index contributed by atoms with van der Waals surface area (Å²) in [6.45, 7) is 1.07. The predicted molar refractivity (Wildman–Crippen MR) is 84.1 cm³/mol. The number of ether oxygens (including phenoxy) is 1. The summed E-state index contributed by atoms with van der Waals surface area (Å²) in [5.41, 5.74) is 0.343. The molecule has 10 heteroatoms. The largest absolute Gasteiger partial charge is 0.449 e. The van der Waals surface area contributed by atoms with Gasteiger partial charge in [-0.25, -0.2) is 23.5 Å². The van der Waals surface area contributed by atoms with E-state index in [9.17, 15) is 13.6 Å². The quantitative estimate of drug-likeness (QED) is 0.775. The first-order valence-corrected chi connectivity index (χ1v) is 7.40. The van der Waals surface area contributed by atoms with E-state index >= 15 is 0 Å². The van der Waals surface area contributed by atoms with E-state index in [1.807, 2.05) is 0 Å². The van der Waals surface area contributed by atoms with Gasteiger partial charge in [-0.2, -0.15) is 5.10 Å². The Morgan fingerprint density at radius 1 is 1.42 bits per heavy atom. The van der Waals surface area contributed by atoms with Crippen molar-refractivity contribution >= 4 is 22.9 Å². The van der Waals surface area contributed by atoms with Gasteiger partial charge in [0.15, 0.2) is 5.65 Å². The van der Waals surface area contributed by atoms with E-state index in [1.54, 1.807) is 14.1 Å². The molecule has 1 amide bonds. The topological polar surface area (TPSA) is 85.2 Å². The summed E-state index contributed by atoms with van der Waals surface area (Å²) >= 11 is 0. The summed E-state index contributed by atoms with van der Waals surface area (Å²) in [6, 6.07) is 0. The van der Waals surface area contributed by atoms with Crippen LogP contribution in [0.15, 0.2) is 12.5 Å². The van der Waals surface area contributed by atoms with E-state index in [1.165, 1.54) is 17.4 Å². The Bertz CT molecular complexity index is 698. The van der Waals surface area contributed by atoms with E-state index in [0.717, 1.165) is 11.6 Å². The van der Waals surface area contributed by atoms with Crippen LogP contribution < -0.4 is 5.32 Å². The van der Waals surface area contributed by atoms with Crippen LogP contribution in [0, 0.1) is 0 Å². The predicted octanol–water partition coefficient (Wildman–Crippen LogP) is 1.98. The van der Waals surface area contributed by atoms with Gasteiger partial charge in [-0.1, -0.05) is 0 Å². The highest BCUT2D eigenvalue weighted by atomic mass is 19.3. The van der Waals surface area contributed by atoms with Crippen molar-refractivity contribution in [3.63, 3.8) is 0 Å². The highest BCUT2D eigenvalue weighted by Gasteiger charge is 2.23. The van der Waals surface area contributed by atoms with Crippen LogP contribution >= 0.6 is 0 Å². The van der Waals surface area contributed by atoms with Gasteiger partial charge in [0.05, 0.1) is 12.0 Å². The summed E-state index contributed by atoms with van der Waals surface area (Å²) in [6.07, 6.45) is 2.98. The molecule has 0 aliphatic rings. The standard InChI is InChI=1S/C14H20F2N6O2/c1-14(15,16)8-22-7-10-11(18-9-19-12(10)20-22)17-5-4-6-24-13(23)21(2)3/h7,9H,4-6,8H2,1-3H3,(H,17,18,19,20). The van der Waals surface area contributed by atoms with Gasteiger partial charge in [0, 0.05) is 33.8 Å². The summed E-state index contributed by atoms with van der Waals surface area (Å²) in [7, 11) is 3.21. The lowest BCUT2D eigenvalue weighted by Gasteiger charge is -2.11. The van der Waals surface area contributed by atoms with Gasteiger partial charge in [0.2, 0.25) is 0 Å². The van der Waals surface area contributed by atoms with Crippen LogP contribution in [0.3, 0.4) is 0 Å². The molecule has 1 N–H and O–H groups in total. The number of rotatable bonds is 7. The van der Waals surface area contributed by atoms with Crippen molar-refractivity contribution in [1.82, 2.24) is 24.6 Å². The van der Waals surface area contributed by atoms with Crippen molar-refractivity contribution < 1.29 is 18.3 Å². The van der Waals surface area contributed by atoms with E-state index in [2.05, 4.69) is 20.4 Å². The van der Waals surface area contributed by atoms with Crippen molar-refractivity contribution in [3.8, 4) is 0 Å². The lowest BCUT2D eigenvalue weighted by atomic mass is 10.3. The molecule has 0 aromatic carbocycles. The maximum absolute atomic E-state index is 13.1. The fourth-order valence-corrected chi connectivity index (χ4v) is 1.96. The molecule has 0 bridgehead atoms. The van der Waals surface area contributed by atoms with E-state index < -0.39 is 18.6 Å². The monoisotopic (exact) mass is 342 g/mol. The minimum Gasteiger partial charge on any atom is -0.449 e. The van der Waals surface area contributed by atoms with Gasteiger partial charge in [-0.15, -0.1) is 0 Å². The molecule has 24 heavy (non-hydrogen) atoms. The third-order valence-electron chi connectivity index (χ3n) is 3.01. The van der Waals surface area contributed by atoms with Crippen molar-refractivity contribution in [1.29, 1.82) is 0 Å². The van der Waals surface area contributed by atoms with Crippen LogP contribution in [0.1, 0.15) is 13.3 Å². The first-order chi connectivity index (χ1) is 11.3. The second-order valence-electron chi connectivity index (χ2n) is 5.65. The van der Waals surface area contributed by atoms with Gasteiger partial charge in [-0.05, 0) is 6.42 Å². The molecule has 0 saturated heterocycles. The molecule has 0 aliphatic carbocycles. The molecule has 2 rings (SSSR count). The molecular weight excluding hydrogens is 322 g/mol. The number of nitrogens with zero attached hydrogens (tertiary/aromatic N) is 5. The normalized spacial score (nSPS) is 11.5. The molecule has 2 aromatic rings. The highest BCUT2D eigenvalue weighted by molar-refractivity contribution is 5.85. The van der Waals surface area contributed by atoms with Gasteiger partial charge >= 0.3 is 6.09 Å². The van der Waals surface area contributed by atoms with Crippen LogP contribution in [0.4, 0.5) is 19.4 Å². The average Bonchev–Trinajstić information content (AvgIpc) is 2.87. The number of halogens is 2. The Hall–Kier alpha value is -2.52. The molecule has 132 valence electrons. The van der Waals surface area contributed by atoms with Crippen LogP contribution in [0.5, 0.6) is 0 Å². The van der Waals surface area contributed by atoms with E-state index in [-0.39, 0.29) is 6.61 Å². The lowest BCUT2D eigenvalue weighted by Crippen LogP contribution is -2.23. The number of carbonyl (C=O) groups is 1. The first kappa shape index (κ1) is 17.8. The summed E-state index contributed by atoms with van der Waals surface area (Å²) in [4.78, 5) is 20.7. The summed E-state index contributed by atoms with van der Waals surface area (Å²) < 4.78 is 32.3. The third-order valence-corrected chi connectivity index (χ3v) is 3.01. The molecule has 2 heterocycles. The molecule has 0 fully saturated rings. The van der Waals surface area contributed by atoms with Crippen LogP contribution in [0.2, 0.25) is 0 Å². The number of fused-ring (bicyclic) bond motifs is 1. The Morgan fingerprint density at radius 2 is 2.17 bits per heavy atom. The van der Waals surface area contributed by atoms with Gasteiger partial charge < -0.3 is 15.0 Å². The minimum atomic E-state index is -2.86. The molecule has 0 aliphatic heterocycles. The van der Waals surface area contributed by atoms with Crippen LogP contribution in [-0.4, -0.2) is 63.9 Å². The summed E-state index contributed by atoms with van der Waals surface area (Å²) in [5, 5.41) is 7.65. The minimum absolute atomic E-state index is 0.263. The molecule has 0 radical (unpaired) electrons. The van der Waals surface area contributed by atoms with Crippen molar-refractivity contribution in [2.45, 2.75) is 25.8 Å². The molecule has 0 spiro atoms. The molecule has 0 saturated carbocycles. The Balaban J connectivity index is 1.93. The zero-order valence-electron chi connectivity index (χ0n) is 13.8. The smallest absolute Gasteiger partial charge is 0.409 e. The Morgan fingerprint density at radius 3 is 2.83 bits per heavy atom. The molecular formula is C14H20F2N6O2. The molecule has 0 unspecified atom stereocenters. The van der Waals surface area contributed by atoms with Gasteiger partial charge in [0.1, 0.15) is 18.7 Å². The number of nitrogens with one attached hydrogen (secondary N) is 1. The number of hydrogen-bond acceptors (Lipinski definition) is 6. The maximum Gasteiger partial charge on any atom is 0.409 e. The number of carbonyl (C=O) groups excluding carboxylic acids is 1. The van der Waals surface area contributed by atoms with Crippen molar-refractivity contribution in [2.75, 3.05) is 32.6 Å². The summed E-state index contributed by atoms with van der Waals surface area (Å²) in [5.74, 6) is -2.36. The van der Waals surface area contributed by atoms with E-state index in [0.29, 0.717) is 29.8 Å². The van der Waals surface area contributed by atoms with Crippen LogP contribution in [0.25, 0.3) is 11.0 Å². The van der Waals surface area contributed by atoms with E-state index in [4.69, 9.17) is 4.74 Å².